The Morgan fingerprint density at radius 1 is 1.17 bits per heavy atom. The van der Waals surface area contributed by atoms with Gasteiger partial charge in [0, 0.05) is 11.6 Å². The van der Waals surface area contributed by atoms with Crippen LogP contribution in [0, 0.1) is 5.92 Å². The van der Waals surface area contributed by atoms with E-state index in [2.05, 4.69) is 19.9 Å². The van der Waals surface area contributed by atoms with E-state index in [0.29, 0.717) is 5.15 Å². The maximum atomic E-state index is 11.9. The Bertz CT molecular complexity index is 1230. The highest BCUT2D eigenvalue weighted by Gasteiger charge is 2.58. The van der Waals surface area contributed by atoms with Crippen LogP contribution in [0.1, 0.15) is 35.4 Å². The molecule has 30 heavy (non-hydrogen) atoms. The molecule has 2 heterocycles. The number of carbonyl (C=O) groups is 1. The van der Waals surface area contributed by atoms with Gasteiger partial charge in [0.2, 0.25) is 11.7 Å². The SMILES string of the molecule is NC(=O)c1noc(=O)n1-c1cc(Cl)c(Oc2cc(C34CC(C3)C4)c(Cl)nn2)c(Cl)c1. The third kappa shape index (κ3) is 2.88. The van der Waals surface area contributed by atoms with Gasteiger partial charge in [-0.2, -0.15) is 0 Å². The Balaban J connectivity index is 1.50. The predicted octanol–water partition coefficient (Wildman–Crippen LogP) is 3.52. The molecule has 0 atom stereocenters. The van der Waals surface area contributed by atoms with Crippen molar-refractivity contribution in [3.63, 3.8) is 0 Å². The number of aromatic nitrogens is 4. The van der Waals surface area contributed by atoms with Crippen molar-refractivity contribution in [1.29, 1.82) is 0 Å². The summed E-state index contributed by atoms with van der Waals surface area (Å²) in [6, 6.07) is 4.47. The number of hydrogen-bond donors (Lipinski definition) is 1. The molecular weight excluding hydrogens is 457 g/mol. The molecule has 0 aliphatic heterocycles. The lowest BCUT2D eigenvalue weighted by molar-refractivity contribution is -0.0278. The topological polar surface area (TPSA) is 126 Å². The minimum atomic E-state index is -0.953. The first-order valence-electron chi connectivity index (χ1n) is 8.87. The first-order valence-corrected chi connectivity index (χ1v) is 10.0. The van der Waals surface area contributed by atoms with Crippen molar-refractivity contribution < 1.29 is 14.1 Å². The molecule has 12 heteroatoms. The molecule has 3 aliphatic carbocycles. The number of rotatable bonds is 5. The van der Waals surface area contributed by atoms with Crippen molar-refractivity contribution in [3.8, 4) is 17.3 Å². The van der Waals surface area contributed by atoms with E-state index in [-0.39, 0.29) is 32.8 Å². The van der Waals surface area contributed by atoms with Gasteiger partial charge in [-0.3, -0.25) is 9.32 Å². The number of ether oxygens (including phenoxy) is 1. The zero-order valence-electron chi connectivity index (χ0n) is 15.1. The van der Waals surface area contributed by atoms with E-state index in [1.165, 1.54) is 12.1 Å². The van der Waals surface area contributed by atoms with E-state index in [4.69, 9.17) is 45.3 Å². The Morgan fingerprint density at radius 2 is 1.83 bits per heavy atom. The lowest BCUT2D eigenvalue weighted by atomic mass is 9.42. The maximum absolute atomic E-state index is 11.9. The van der Waals surface area contributed by atoms with Crippen molar-refractivity contribution in [2.45, 2.75) is 24.7 Å². The fourth-order valence-corrected chi connectivity index (χ4v) is 4.95. The van der Waals surface area contributed by atoms with Crippen LogP contribution in [0.3, 0.4) is 0 Å². The molecule has 0 saturated heterocycles. The van der Waals surface area contributed by atoms with Crippen LogP contribution in [0.5, 0.6) is 11.6 Å². The molecule has 6 rings (SSSR count). The molecule has 2 N–H and O–H groups in total. The summed E-state index contributed by atoms with van der Waals surface area (Å²) >= 11 is 18.9. The fraction of sp³-hybridized carbons (Fsp3) is 0.278. The molecule has 1 aromatic carbocycles. The normalized spacial score (nSPS) is 21.6. The smallest absolute Gasteiger partial charge is 0.434 e. The molecule has 2 bridgehead atoms. The van der Waals surface area contributed by atoms with Crippen molar-refractivity contribution in [2.75, 3.05) is 0 Å². The molecule has 3 aromatic rings. The van der Waals surface area contributed by atoms with Crippen LogP contribution in [0.15, 0.2) is 27.5 Å². The van der Waals surface area contributed by atoms with Gasteiger partial charge in [0.05, 0.1) is 15.7 Å². The van der Waals surface area contributed by atoms with E-state index in [0.717, 1.165) is 35.3 Å². The minimum Gasteiger partial charge on any atom is -0.434 e. The molecule has 2 aromatic heterocycles. The van der Waals surface area contributed by atoms with Gasteiger partial charge in [0.1, 0.15) is 0 Å². The van der Waals surface area contributed by atoms with Crippen LogP contribution in [0.2, 0.25) is 15.2 Å². The summed E-state index contributed by atoms with van der Waals surface area (Å²) < 4.78 is 11.1. The Kier molecular flexibility index (Phi) is 4.32. The first-order chi connectivity index (χ1) is 14.3. The van der Waals surface area contributed by atoms with E-state index < -0.39 is 17.5 Å². The van der Waals surface area contributed by atoms with E-state index in [1.807, 2.05) is 0 Å². The molecule has 3 fully saturated rings. The van der Waals surface area contributed by atoms with Gasteiger partial charge in [-0.1, -0.05) is 34.8 Å². The molecule has 3 saturated carbocycles. The highest BCUT2D eigenvalue weighted by atomic mass is 35.5. The highest BCUT2D eigenvalue weighted by Crippen LogP contribution is 2.66. The molecule has 0 spiro atoms. The number of hydrogen-bond acceptors (Lipinski definition) is 7. The third-order valence-corrected chi connectivity index (χ3v) is 6.45. The number of halogens is 3. The van der Waals surface area contributed by atoms with Crippen LogP contribution in [-0.2, 0) is 5.41 Å². The minimum absolute atomic E-state index is 0.0600. The first kappa shape index (κ1) is 19.3. The van der Waals surface area contributed by atoms with Gasteiger partial charge >= 0.3 is 5.76 Å². The summed E-state index contributed by atoms with van der Waals surface area (Å²) in [6.07, 6.45) is 3.26. The maximum Gasteiger partial charge on any atom is 0.446 e. The predicted molar refractivity (Wildman–Crippen MR) is 107 cm³/mol. The second kappa shape index (κ2) is 6.69. The lowest BCUT2D eigenvalue weighted by Crippen LogP contribution is -2.55. The summed E-state index contributed by atoms with van der Waals surface area (Å²) in [5, 5.41) is 11.8. The van der Waals surface area contributed by atoms with Gasteiger partial charge in [-0.15, -0.1) is 10.2 Å². The second-order valence-electron chi connectivity index (χ2n) is 7.46. The number of carbonyl (C=O) groups excluding carboxylic acids is 1. The average molecular weight is 469 g/mol. The summed E-state index contributed by atoms with van der Waals surface area (Å²) in [5.74, 6) is -1.21. The van der Waals surface area contributed by atoms with Gasteiger partial charge in [0.15, 0.2) is 10.9 Å². The lowest BCUT2D eigenvalue weighted by Gasteiger charge is -2.62. The summed E-state index contributed by atoms with van der Waals surface area (Å²) in [4.78, 5) is 23.4. The van der Waals surface area contributed by atoms with Gasteiger partial charge in [-0.05, 0) is 47.9 Å². The van der Waals surface area contributed by atoms with Crippen molar-refractivity contribution in [2.24, 2.45) is 11.7 Å². The Morgan fingerprint density at radius 3 is 2.40 bits per heavy atom. The van der Waals surface area contributed by atoms with Gasteiger partial charge < -0.3 is 10.5 Å². The van der Waals surface area contributed by atoms with Gasteiger partial charge in [-0.25, -0.2) is 9.36 Å². The quantitative estimate of drug-likeness (QED) is 0.607. The van der Waals surface area contributed by atoms with E-state index in [9.17, 15) is 9.59 Å². The molecule has 3 aliphatic rings. The monoisotopic (exact) mass is 467 g/mol. The van der Waals surface area contributed by atoms with E-state index >= 15 is 0 Å². The van der Waals surface area contributed by atoms with Crippen molar-refractivity contribution >= 4 is 40.7 Å². The molecule has 0 unspecified atom stereocenters. The second-order valence-corrected chi connectivity index (χ2v) is 8.63. The largest absolute Gasteiger partial charge is 0.446 e. The molecule has 154 valence electrons. The number of benzene rings is 1. The standard InChI is InChI=1S/C18H12Cl3N5O4/c19-10-1-8(26-16(15(22)27)25-30-17(26)28)2-11(20)13(10)29-12-3-9(14(21)24-23-12)18-4-7(5-18)6-18/h1-3,7H,4-6H2,(H2,22,27). The summed E-state index contributed by atoms with van der Waals surface area (Å²) in [6.45, 7) is 0. The number of nitrogens with zero attached hydrogens (tertiary/aromatic N) is 4. The number of nitrogens with two attached hydrogens (primary N) is 1. The molecular formula is C18H12Cl3N5O4. The van der Waals surface area contributed by atoms with Crippen LogP contribution >= 0.6 is 34.8 Å². The van der Waals surface area contributed by atoms with Crippen molar-refractivity contribution in [1.82, 2.24) is 19.9 Å². The number of amides is 1. The van der Waals surface area contributed by atoms with Crippen LogP contribution in [0.4, 0.5) is 0 Å². The molecule has 0 radical (unpaired) electrons. The van der Waals surface area contributed by atoms with Crippen LogP contribution in [-0.4, -0.2) is 25.8 Å². The van der Waals surface area contributed by atoms with Crippen LogP contribution < -0.4 is 16.2 Å². The zero-order valence-corrected chi connectivity index (χ0v) is 17.3. The fourth-order valence-electron chi connectivity index (χ4n) is 4.10. The number of primary amides is 1. The van der Waals surface area contributed by atoms with Crippen molar-refractivity contribution in [3.05, 3.63) is 55.3 Å². The Labute approximate surface area is 183 Å². The Hall–Kier alpha value is -2.62. The van der Waals surface area contributed by atoms with Gasteiger partial charge in [0.25, 0.3) is 5.91 Å². The van der Waals surface area contributed by atoms with Crippen LogP contribution in [0.25, 0.3) is 5.69 Å². The zero-order chi connectivity index (χ0) is 21.2. The summed E-state index contributed by atoms with van der Waals surface area (Å²) in [5.41, 5.74) is 6.32. The molecule has 1 amide bonds. The molecule has 9 nitrogen and oxygen atoms in total. The highest BCUT2D eigenvalue weighted by molar-refractivity contribution is 6.37. The average Bonchev–Trinajstić information content (AvgIpc) is 3.00. The van der Waals surface area contributed by atoms with E-state index in [1.54, 1.807) is 6.07 Å². The summed E-state index contributed by atoms with van der Waals surface area (Å²) in [7, 11) is 0. The third-order valence-electron chi connectivity index (χ3n) is 5.61.